The van der Waals surface area contributed by atoms with Gasteiger partial charge in [-0.1, -0.05) is 12.1 Å². The molecule has 1 aromatic carbocycles. The Morgan fingerprint density at radius 1 is 1.05 bits per heavy atom. The van der Waals surface area contributed by atoms with Crippen LogP contribution in [0.2, 0.25) is 0 Å². The minimum Gasteiger partial charge on any atom is -0.372 e. The molecule has 0 amide bonds. The Kier molecular flexibility index (Phi) is 3.52. The second-order valence-corrected chi connectivity index (χ2v) is 4.71. The fourth-order valence-corrected chi connectivity index (χ4v) is 2.07. The predicted octanol–water partition coefficient (Wildman–Crippen LogP) is 3.59. The van der Waals surface area contributed by atoms with Crippen molar-refractivity contribution < 1.29 is 0 Å². The summed E-state index contributed by atoms with van der Waals surface area (Å²) in [5.74, 6) is 0.626. The van der Waals surface area contributed by atoms with Crippen molar-refractivity contribution >= 4 is 5.82 Å². The van der Waals surface area contributed by atoms with E-state index in [4.69, 9.17) is 5.26 Å². The molecular weight excluding hydrogens is 234 g/mol. The minimum atomic E-state index is 0.576. The van der Waals surface area contributed by atoms with Gasteiger partial charge in [0, 0.05) is 12.6 Å². The van der Waals surface area contributed by atoms with E-state index in [1.165, 1.54) is 11.1 Å². The van der Waals surface area contributed by atoms with Crippen LogP contribution in [0, 0.1) is 32.1 Å². The molecule has 1 heterocycles. The number of hydrogen-bond donors (Lipinski definition) is 1. The molecule has 1 aromatic heterocycles. The highest BCUT2D eigenvalue weighted by atomic mass is 15.0. The van der Waals surface area contributed by atoms with Crippen molar-refractivity contribution in [3.8, 4) is 17.3 Å². The van der Waals surface area contributed by atoms with Gasteiger partial charge in [-0.05, 0) is 49.6 Å². The van der Waals surface area contributed by atoms with E-state index in [-0.39, 0.29) is 0 Å². The fourth-order valence-electron chi connectivity index (χ4n) is 2.07. The van der Waals surface area contributed by atoms with Crippen molar-refractivity contribution in [1.82, 2.24) is 4.98 Å². The van der Waals surface area contributed by atoms with Gasteiger partial charge < -0.3 is 5.32 Å². The van der Waals surface area contributed by atoms with Crippen LogP contribution < -0.4 is 5.32 Å². The smallest absolute Gasteiger partial charge is 0.144 e. The lowest BCUT2D eigenvalue weighted by Gasteiger charge is -2.11. The van der Waals surface area contributed by atoms with Crippen LogP contribution in [0.15, 0.2) is 24.3 Å². The molecular formula is C16H17N3. The molecule has 2 aromatic rings. The minimum absolute atomic E-state index is 0.576. The number of aryl methyl sites for hydroxylation is 3. The van der Waals surface area contributed by atoms with E-state index >= 15 is 0 Å². The summed E-state index contributed by atoms with van der Waals surface area (Å²) in [5, 5.41) is 12.1. The first-order valence-corrected chi connectivity index (χ1v) is 6.24. The van der Waals surface area contributed by atoms with Gasteiger partial charge in [-0.25, -0.2) is 4.98 Å². The topological polar surface area (TPSA) is 48.7 Å². The van der Waals surface area contributed by atoms with E-state index in [9.17, 15) is 0 Å². The van der Waals surface area contributed by atoms with Crippen molar-refractivity contribution in [3.63, 3.8) is 0 Å². The molecule has 0 radical (unpaired) electrons. The second kappa shape index (κ2) is 5.11. The molecule has 3 nitrogen and oxygen atoms in total. The molecule has 0 atom stereocenters. The van der Waals surface area contributed by atoms with Crippen LogP contribution in [0.3, 0.4) is 0 Å². The molecule has 3 heteroatoms. The summed E-state index contributed by atoms with van der Waals surface area (Å²) in [7, 11) is 1.78. The average Bonchev–Trinajstić information content (AvgIpc) is 2.41. The molecule has 0 saturated heterocycles. The van der Waals surface area contributed by atoms with Crippen LogP contribution in [0.1, 0.15) is 22.3 Å². The molecule has 1 N–H and O–H groups in total. The molecule has 0 unspecified atom stereocenters. The quantitative estimate of drug-likeness (QED) is 0.887. The lowest BCUT2D eigenvalue weighted by atomic mass is 10.0. The zero-order valence-electron chi connectivity index (χ0n) is 11.7. The molecule has 19 heavy (non-hydrogen) atoms. The van der Waals surface area contributed by atoms with Gasteiger partial charge in [-0.15, -0.1) is 0 Å². The maximum absolute atomic E-state index is 9.09. The van der Waals surface area contributed by atoms with E-state index in [2.05, 4.69) is 48.4 Å². The Hall–Kier alpha value is -2.34. The van der Waals surface area contributed by atoms with Crippen LogP contribution in [-0.4, -0.2) is 12.0 Å². The Labute approximate surface area is 113 Å². The van der Waals surface area contributed by atoms with E-state index in [1.54, 1.807) is 7.05 Å². The van der Waals surface area contributed by atoms with Gasteiger partial charge in [0.15, 0.2) is 0 Å². The third-order valence-corrected chi connectivity index (χ3v) is 3.35. The largest absolute Gasteiger partial charge is 0.372 e. The summed E-state index contributed by atoms with van der Waals surface area (Å²) in [6.07, 6.45) is 0. The number of aromatic nitrogens is 1. The number of pyridine rings is 1. The van der Waals surface area contributed by atoms with Gasteiger partial charge in [-0.3, -0.25) is 0 Å². The van der Waals surface area contributed by atoms with Crippen LogP contribution in [0.25, 0.3) is 11.3 Å². The molecule has 0 bridgehead atoms. The number of nitriles is 1. The van der Waals surface area contributed by atoms with Crippen LogP contribution in [0.5, 0.6) is 0 Å². The number of anilines is 1. The first-order chi connectivity index (χ1) is 9.06. The van der Waals surface area contributed by atoms with E-state index in [0.717, 1.165) is 16.8 Å². The lowest BCUT2D eigenvalue weighted by Crippen LogP contribution is -2.00. The van der Waals surface area contributed by atoms with Crippen molar-refractivity contribution in [2.24, 2.45) is 0 Å². The SMILES string of the molecule is CNc1nc(-c2ccc(C)c(C)c2)c(C)cc1C#N. The average molecular weight is 251 g/mol. The van der Waals surface area contributed by atoms with Crippen molar-refractivity contribution in [1.29, 1.82) is 5.26 Å². The molecule has 0 aliphatic heterocycles. The molecule has 96 valence electrons. The Balaban J connectivity index is 2.62. The summed E-state index contributed by atoms with van der Waals surface area (Å²) < 4.78 is 0. The summed E-state index contributed by atoms with van der Waals surface area (Å²) in [4.78, 5) is 4.57. The molecule has 0 fully saturated rings. The molecule has 0 spiro atoms. The second-order valence-electron chi connectivity index (χ2n) is 4.71. The first-order valence-electron chi connectivity index (χ1n) is 6.24. The van der Waals surface area contributed by atoms with Crippen molar-refractivity contribution in [2.45, 2.75) is 20.8 Å². The molecule has 0 aliphatic carbocycles. The van der Waals surface area contributed by atoms with Gasteiger partial charge in [0.2, 0.25) is 0 Å². The fraction of sp³-hybridized carbons (Fsp3) is 0.250. The summed E-state index contributed by atoms with van der Waals surface area (Å²) in [6, 6.07) is 10.3. The maximum Gasteiger partial charge on any atom is 0.144 e. The molecule has 0 saturated carbocycles. The van der Waals surface area contributed by atoms with Crippen molar-refractivity contribution in [2.75, 3.05) is 12.4 Å². The maximum atomic E-state index is 9.09. The predicted molar refractivity (Wildman–Crippen MR) is 78.1 cm³/mol. The van der Waals surface area contributed by atoms with E-state index < -0.39 is 0 Å². The highest BCUT2D eigenvalue weighted by Gasteiger charge is 2.10. The van der Waals surface area contributed by atoms with Gasteiger partial charge in [-0.2, -0.15) is 5.26 Å². The highest BCUT2D eigenvalue weighted by molar-refractivity contribution is 5.69. The zero-order chi connectivity index (χ0) is 14.0. The van der Waals surface area contributed by atoms with Gasteiger partial charge >= 0.3 is 0 Å². The number of nitrogens with zero attached hydrogens (tertiary/aromatic N) is 2. The summed E-state index contributed by atoms with van der Waals surface area (Å²) in [6.45, 7) is 6.17. The monoisotopic (exact) mass is 251 g/mol. The number of hydrogen-bond acceptors (Lipinski definition) is 3. The summed E-state index contributed by atoms with van der Waals surface area (Å²) >= 11 is 0. The molecule has 0 aliphatic rings. The zero-order valence-corrected chi connectivity index (χ0v) is 11.7. The van der Waals surface area contributed by atoms with E-state index in [1.807, 2.05) is 13.0 Å². The van der Waals surface area contributed by atoms with Crippen LogP contribution >= 0.6 is 0 Å². The number of benzene rings is 1. The van der Waals surface area contributed by atoms with Crippen molar-refractivity contribution in [3.05, 3.63) is 46.5 Å². The third kappa shape index (κ3) is 2.43. The van der Waals surface area contributed by atoms with Crippen LogP contribution in [0.4, 0.5) is 5.82 Å². The normalized spacial score (nSPS) is 10.1. The Bertz CT molecular complexity index is 666. The standard InChI is InChI=1S/C16H17N3/c1-10-5-6-13(7-11(10)2)15-12(3)8-14(9-17)16(18-4)19-15/h5-8H,1-4H3,(H,18,19). The summed E-state index contributed by atoms with van der Waals surface area (Å²) in [5.41, 5.74) is 6.11. The van der Waals surface area contributed by atoms with Crippen LogP contribution in [-0.2, 0) is 0 Å². The van der Waals surface area contributed by atoms with Gasteiger partial charge in [0.1, 0.15) is 11.9 Å². The Morgan fingerprint density at radius 2 is 1.79 bits per heavy atom. The van der Waals surface area contributed by atoms with Gasteiger partial charge in [0.25, 0.3) is 0 Å². The third-order valence-electron chi connectivity index (χ3n) is 3.35. The lowest BCUT2D eigenvalue weighted by molar-refractivity contribution is 1.22. The number of nitrogens with one attached hydrogen (secondary N) is 1. The van der Waals surface area contributed by atoms with Gasteiger partial charge in [0.05, 0.1) is 11.3 Å². The first kappa shape index (κ1) is 13.1. The van der Waals surface area contributed by atoms with E-state index in [0.29, 0.717) is 11.4 Å². The highest BCUT2D eigenvalue weighted by Crippen LogP contribution is 2.27. The number of rotatable bonds is 2. The molecule has 2 rings (SSSR count). The Morgan fingerprint density at radius 3 is 2.37 bits per heavy atom.